The molecule has 0 aliphatic carbocycles. The van der Waals surface area contributed by atoms with Crippen molar-refractivity contribution < 1.29 is 28.6 Å². The lowest BCUT2D eigenvalue weighted by Gasteiger charge is -2.18. The summed E-state index contributed by atoms with van der Waals surface area (Å²) in [5, 5.41) is 0. The van der Waals surface area contributed by atoms with Crippen LogP contribution in [0.2, 0.25) is 0 Å². The predicted octanol–water partition coefficient (Wildman–Crippen LogP) is 17.3. The van der Waals surface area contributed by atoms with Crippen molar-refractivity contribution in [2.24, 2.45) is 11.8 Å². The maximum atomic E-state index is 12.7. The molecule has 0 bridgehead atoms. The van der Waals surface area contributed by atoms with Crippen LogP contribution in [0.25, 0.3) is 0 Å². The van der Waals surface area contributed by atoms with Crippen molar-refractivity contribution in [1.29, 1.82) is 0 Å². The van der Waals surface area contributed by atoms with Gasteiger partial charge in [0.05, 0.1) is 0 Å². The first-order chi connectivity index (χ1) is 29.3. The van der Waals surface area contributed by atoms with E-state index in [0.717, 1.165) is 69.6 Å². The van der Waals surface area contributed by atoms with E-state index in [0.29, 0.717) is 19.3 Å². The highest BCUT2D eigenvalue weighted by Crippen LogP contribution is 2.18. The Morgan fingerprint density at radius 1 is 0.350 bits per heavy atom. The molecule has 60 heavy (non-hydrogen) atoms. The molecule has 0 fully saturated rings. The lowest BCUT2D eigenvalue weighted by atomic mass is 9.99. The molecule has 0 saturated carbocycles. The Bertz CT molecular complexity index is 918. The topological polar surface area (TPSA) is 78.9 Å². The van der Waals surface area contributed by atoms with E-state index in [9.17, 15) is 14.4 Å². The van der Waals surface area contributed by atoms with E-state index in [1.165, 1.54) is 186 Å². The van der Waals surface area contributed by atoms with Crippen LogP contribution < -0.4 is 0 Å². The summed E-state index contributed by atoms with van der Waals surface area (Å²) >= 11 is 0. The summed E-state index contributed by atoms with van der Waals surface area (Å²) in [5.74, 6) is 0.821. The van der Waals surface area contributed by atoms with Gasteiger partial charge in [0.1, 0.15) is 13.2 Å². The molecule has 6 nitrogen and oxygen atoms in total. The van der Waals surface area contributed by atoms with Crippen LogP contribution in [0.5, 0.6) is 0 Å². The van der Waals surface area contributed by atoms with Gasteiger partial charge < -0.3 is 14.2 Å². The summed E-state index contributed by atoms with van der Waals surface area (Å²) in [6.07, 6.45) is 48.2. The van der Waals surface area contributed by atoms with E-state index >= 15 is 0 Å². The highest BCUT2D eigenvalue weighted by Gasteiger charge is 2.19. The Kier molecular flexibility index (Phi) is 45.7. The first kappa shape index (κ1) is 58.4. The van der Waals surface area contributed by atoms with Gasteiger partial charge in [-0.3, -0.25) is 14.4 Å². The van der Waals surface area contributed by atoms with Gasteiger partial charge in [0.25, 0.3) is 0 Å². The van der Waals surface area contributed by atoms with Crippen LogP contribution >= 0.6 is 0 Å². The molecule has 0 aromatic rings. The predicted molar refractivity (Wildman–Crippen MR) is 256 cm³/mol. The fourth-order valence-corrected chi connectivity index (χ4v) is 8.13. The molecule has 0 N–H and O–H groups in total. The minimum absolute atomic E-state index is 0.0643. The minimum Gasteiger partial charge on any atom is -0.462 e. The normalized spacial score (nSPS) is 12.5. The molecule has 0 spiro atoms. The molecule has 0 aliphatic heterocycles. The first-order valence-corrected chi connectivity index (χ1v) is 26.8. The number of hydrogen-bond acceptors (Lipinski definition) is 6. The van der Waals surface area contributed by atoms with Crippen molar-refractivity contribution >= 4 is 17.9 Å². The fraction of sp³-hybridized carbons (Fsp3) is 0.944. The quantitative estimate of drug-likeness (QED) is 0.0345. The van der Waals surface area contributed by atoms with Gasteiger partial charge in [0, 0.05) is 19.3 Å². The zero-order chi connectivity index (χ0) is 44.0. The molecule has 0 aliphatic rings. The monoisotopic (exact) mass is 849 g/mol. The Morgan fingerprint density at radius 3 is 0.950 bits per heavy atom. The van der Waals surface area contributed by atoms with E-state index in [4.69, 9.17) is 14.2 Å². The third-order valence-corrected chi connectivity index (χ3v) is 12.6. The van der Waals surface area contributed by atoms with Crippen LogP contribution in [-0.4, -0.2) is 37.2 Å². The molecule has 6 heteroatoms. The molecule has 0 aromatic carbocycles. The van der Waals surface area contributed by atoms with Crippen molar-refractivity contribution in [2.45, 2.75) is 304 Å². The summed E-state index contributed by atoms with van der Waals surface area (Å²) in [6.45, 7) is 11.4. The number of carbonyl (C=O) groups excluding carboxylic acids is 3. The van der Waals surface area contributed by atoms with Crippen LogP contribution in [0.3, 0.4) is 0 Å². The molecule has 0 rings (SSSR count). The number of hydrogen-bond donors (Lipinski definition) is 0. The van der Waals surface area contributed by atoms with E-state index < -0.39 is 6.10 Å². The summed E-state index contributed by atoms with van der Waals surface area (Å²) < 4.78 is 16.8. The van der Waals surface area contributed by atoms with Crippen LogP contribution in [-0.2, 0) is 28.6 Å². The molecule has 2 atom stereocenters. The molecular formula is C54H104O6. The van der Waals surface area contributed by atoms with Gasteiger partial charge in [0.2, 0.25) is 0 Å². The molecular weight excluding hydrogens is 745 g/mol. The fourth-order valence-electron chi connectivity index (χ4n) is 8.13. The molecule has 356 valence electrons. The number of unbranched alkanes of at least 4 members (excludes halogenated alkanes) is 32. The van der Waals surface area contributed by atoms with E-state index in [1.54, 1.807) is 0 Å². The largest absolute Gasteiger partial charge is 0.462 e. The summed E-state index contributed by atoms with van der Waals surface area (Å²) in [4.78, 5) is 37.8. The number of ether oxygens (including phenoxy) is 3. The van der Waals surface area contributed by atoms with Crippen molar-refractivity contribution in [3.05, 3.63) is 0 Å². The Labute approximate surface area is 374 Å². The average Bonchev–Trinajstić information content (AvgIpc) is 3.23. The van der Waals surface area contributed by atoms with Crippen LogP contribution in [0.15, 0.2) is 0 Å². The van der Waals surface area contributed by atoms with Crippen molar-refractivity contribution in [2.75, 3.05) is 13.2 Å². The maximum Gasteiger partial charge on any atom is 0.306 e. The Hall–Kier alpha value is -1.59. The summed E-state index contributed by atoms with van der Waals surface area (Å²) in [7, 11) is 0. The van der Waals surface area contributed by atoms with Crippen molar-refractivity contribution in [3.63, 3.8) is 0 Å². The van der Waals surface area contributed by atoms with Crippen LogP contribution in [0.1, 0.15) is 298 Å². The van der Waals surface area contributed by atoms with Gasteiger partial charge in [0.15, 0.2) is 6.10 Å². The van der Waals surface area contributed by atoms with E-state index in [-0.39, 0.29) is 31.1 Å². The van der Waals surface area contributed by atoms with Gasteiger partial charge in [-0.25, -0.2) is 0 Å². The van der Waals surface area contributed by atoms with Gasteiger partial charge in [-0.05, 0) is 31.1 Å². The molecule has 0 radical (unpaired) electrons. The second kappa shape index (κ2) is 46.9. The highest BCUT2D eigenvalue weighted by atomic mass is 16.6. The third-order valence-electron chi connectivity index (χ3n) is 12.6. The highest BCUT2D eigenvalue weighted by molar-refractivity contribution is 5.71. The molecule has 1 unspecified atom stereocenters. The number of carbonyl (C=O) groups is 3. The van der Waals surface area contributed by atoms with Crippen LogP contribution in [0.4, 0.5) is 0 Å². The van der Waals surface area contributed by atoms with E-state index in [2.05, 4.69) is 34.6 Å². The van der Waals surface area contributed by atoms with Gasteiger partial charge in [-0.15, -0.1) is 0 Å². The first-order valence-electron chi connectivity index (χ1n) is 26.8. The third kappa shape index (κ3) is 45.9. The molecule has 0 heterocycles. The van der Waals surface area contributed by atoms with Crippen molar-refractivity contribution in [3.8, 4) is 0 Å². The van der Waals surface area contributed by atoms with E-state index in [1.807, 2.05) is 0 Å². The Morgan fingerprint density at radius 2 is 0.633 bits per heavy atom. The van der Waals surface area contributed by atoms with Gasteiger partial charge in [-0.2, -0.15) is 0 Å². The molecule has 0 saturated heterocycles. The zero-order valence-corrected chi connectivity index (χ0v) is 41.1. The number of esters is 3. The lowest BCUT2D eigenvalue weighted by Crippen LogP contribution is -2.30. The lowest BCUT2D eigenvalue weighted by molar-refractivity contribution is -0.167. The molecule has 0 aromatic heterocycles. The SMILES string of the molecule is CCCCCCCCCCCCCC(=O)O[C@H](COC(=O)CCCCCCCCCCCCCCCCCCCCC(C)CC)COC(=O)CCCCCCCCC(C)C. The molecule has 0 amide bonds. The van der Waals surface area contributed by atoms with Gasteiger partial charge in [-0.1, -0.05) is 259 Å². The zero-order valence-electron chi connectivity index (χ0n) is 41.1. The number of rotatable bonds is 48. The maximum absolute atomic E-state index is 12.7. The average molecular weight is 849 g/mol. The van der Waals surface area contributed by atoms with Gasteiger partial charge >= 0.3 is 17.9 Å². The standard InChI is InChI=1S/C54H104O6/c1-6-8-9-10-11-12-21-26-29-36-41-46-54(57)60-51(48-59-53(56)45-40-35-31-30-32-37-42-49(3)4)47-58-52(55)44-39-34-28-25-23-20-18-16-14-13-15-17-19-22-24-27-33-38-43-50(5)7-2/h49-51H,6-48H2,1-5H3/t50?,51-/m1/s1. The Balaban J connectivity index is 4.14. The smallest absolute Gasteiger partial charge is 0.306 e. The van der Waals surface area contributed by atoms with Crippen molar-refractivity contribution in [1.82, 2.24) is 0 Å². The summed E-state index contributed by atoms with van der Waals surface area (Å²) in [6, 6.07) is 0. The second-order valence-electron chi connectivity index (χ2n) is 19.2. The second-order valence-corrected chi connectivity index (χ2v) is 19.2. The van der Waals surface area contributed by atoms with Crippen LogP contribution in [0, 0.1) is 11.8 Å². The summed E-state index contributed by atoms with van der Waals surface area (Å²) in [5.41, 5.74) is 0. The minimum atomic E-state index is -0.761.